The lowest BCUT2D eigenvalue weighted by Crippen LogP contribution is -2.41. The van der Waals surface area contributed by atoms with Crippen LogP contribution in [0.5, 0.6) is 0 Å². The molecule has 2 aliphatic rings. The van der Waals surface area contributed by atoms with E-state index in [1.54, 1.807) is 5.01 Å². The Labute approximate surface area is 112 Å². The number of hydrazone groups is 1. The summed E-state index contributed by atoms with van der Waals surface area (Å²) in [6.45, 7) is 0. The predicted molar refractivity (Wildman–Crippen MR) is 69.0 cm³/mol. The molecule has 3 rings (SSSR count). The van der Waals surface area contributed by atoms with Crippen LogP contribution in [0.1, 0.15) is 18.0 Å². The average molecular weight is 285 g/mol. The Kier molecular flexibility index (Phi) is 3.32. The second kappa shape index (κ2) is 4.97. The van der Waals surface area contributed by atoms with E-state index in [-0.39, 0.29) is 11.2 Å². The van der Waals surface area contributed by atoms with Gasteiger partial charge in [0.2, 0.25) is 0 Å². The molecule has 0 amide bonds. The lowest BCUT2D eigenvalue weighted by atomic mass is 10.1. The van der Waals surface area contributed by atoms with E-state index in [9.17, 15) is 13.3 Å². The highest BCUT2D eigenvalue weighted by Gasteiger charge is 2.48. The van der Waals surface area contributed by atoms with Gasteiger partial charge in [0, 0.05) is 6.42 Å². The highest BCUT2D eigenvalue weighted by atomic mass is 32.2. The van der Waals surface area contributed by atoms with Crippen LogP contribution >= 0.6 is 0 Å². The molecule has 19 heavy (non-hydrogen) atoms. The molecule has 4 nitrogen and oxygen atoms in total. The first kappa shape index (κ1) is 12.7. The van der Waals surface area contributed by atoms with E-state index in [0.717, 1.165) is 5.56 Å². The van der Waals surface area contributed by atoms with Crippen LogP contribution in [0.15, 0.2) is 35.4 Å². The van der Waals surface area contributed by atoms with E-state index < -0.39 is 29.5 Å². The van der Waals surface area contributed by atoms with E-state index in [0.29, 0.717) is 6.42 Å². The second-order valence-electron chi connectivity index (χ2n) is 4.51. The number of amidine groups is 1. The van der Waals surface area contributed by atoms with E-state index in [1.807, 2.05) is 30.3 Å². The van der Waals surface area contributed by atoms with Crippen LogP contribution in [0.4, 0.5) is 8.78 Å². The summed E-state index contributed by atoms with van der Waals surface area (Å²) >= 11 is -1.83. The second-order valence-corrected chi connectivity index (χ2v) is 5.80. The maximum Gasteiger partial charge on any atom is 0.337 e. The minimum absolute atomic E-state index is 0.0239. The molecule has 4 atom stereocenters. The van der Waals surface area contributed by atoms with Gasteiger partial charge in [0.1, 0.15) is 6.17 Å². The van der Waals surface area contributed by atoms with Crippen LogP contribution in [-0.2, 0) is 11.2 Å². The topological polar surface area (TPSA) is 50.7 Å². The van der Waals surface area contributed by atoms with Crippen molar-refractivity contribution in [1.29, 1.82) is 0 Å². The van der Waals surface area contributed by atoms with Crippen molar-refractivity contribution in [3.63, 3.8) is 0 Å². The largest absolute Gasteiger partial charge is 0.607 e. The molecule has 7 heteroatoms. The van der Waals surface area contributed by atoms with Crippen molar-refractivity contribution in [2.75, 3.05) is 6.01 Å². The summed E-state index contributed by atoms with van der Waals surface area (Å²) in [6.07, 6.45) is -1.44. The molecule has 0 saturated carbocycles. The number of rotatable bonds is 2. The highest BCUT2D eigenvalue weighted by molar-refractivity contribution is 8.06. The zero-order chi connectivity index (χ0) is 13.4. The van der Waals surface area contributed by atoms with Gasteiger partial charge in [-0.25, -0.2) is 4.39 Å². The molecule has 0 aromatic heterocycles. The van der Waals surface area contributed by atoms with E-state index in [4.69, 9.17) is 0 Å². The molecule has 2 heterocycles. The van der Waals surface area contributed by atoms with Gasteiger partial charge in [-0.15, -0.1) is 5.10 Å². The van der Waals surface area contributed by atoms with Crippen molar-refractivity contribution < 1.29 is 13.3 Å². The number of halogens is 2. The number of nitrogens with zero attached hydrogens (tertiary/aromatic N) is 2. The maximum absolute atomic E-state index is 14.0. The van der Waals surface area contributed by atoms with Gasteiger partial charge in [-0.2, -0.15) is 4.39 Å². The van der Waals surface area contributed by atoms with Crippen molar-refractivity contribution in [1.82, 2.24) is 10.3 Å². The molecule has 1 N–H and O–H groups in total. The lowest BCUT2D eigenvalue weighted by molar-refractivity contribution is 0.180. The first-order chi connectivity index (χ1) is 9.20. The van der Waals surface area contributed by atoms with Gasteiger partial charge in [-0.05, 0) is 5.56 Å². The van der Waals surface area contributed by atoms with Crippen molar-refractivity contribution in [3.8, 4) is 0 Å². The van der Waals surface area contributed by atoms with Crippen LogP contribution in [0.25, 0.3) is 0 Å². The van der Waals surface area contributed by atoms with Crippen molar-refractivity contribution in [2.24, 2.45) is 5.10 Å². The van der Waals surface area contributed by atoms with Crippen LogP contribution in [0.3, 0.4) is 0 Å². The summed E-state index contributed by atoms with van der Waals surface area (Å²) < 4.78 is 37.8. The van der Waals surface area contributed by atoms with Gasteiger partial charge in [-0.3, -0.25) is 5.01 Å². The molecule has 0 aliphatic carbocycles. The summed E-state index contributed by atoms with van der Waals surface area (Å²) in [7, 11) is 0. The quantitative estimate of drug-likeness (QED) is 0.841. The van der Waals surface area contributed by atoms with E-state index in [2.05, 4.69) is 10.4 Å². The third-order valence-corrected chi connectivity index (χ3v) is 4.20. The zero-order valence-corrected chi connectivity index (χ0v) is 10.8. The summed E-state index contributed by atoms with van der Waals surface area (Å²) in [6, 6.07) is 8.23. The summed E-state index contributed by atoms with van der Waals surface area (Å²) in [5.41, 5.74) is 0.950. The standard InChI is InChI=1S/C12H13F2N3OS/c13-7-19(18)12-15-11-9(14)6-10(17(11)16-12)8-4-2-1-3-5-8/h1-5,9-11H,6-7H2,(H,15,16)/t9-,10-,11-,19+/m0/s1. The number of alkyl halides is 2. The van der Waals surface area contributed by atoms with Crippen LogP contribution < -0.4 is 5.32 Å². The Morgan fingerprint density at radius 1 is 1.42 bits per heavy atom. The number of hydrogen-bond acceptors (Lipinski definition) is 4. The third kappa shape index (κ3) is 2.17. The van der Waals surface area contributed by atoms with Crippen molar-refractivity contribution >= 4 is 16.3 Å². The Morgan fingerprint density at radius 2 is 2.16 bits per heavy atom. The average Bonchev–Trinajstić information content (AvgIpc) is 3.00. The molecule has 0 unspecified atom stereocenters. The molecule has 102 valence electrons. The van der Waals surface area contributed by atoms with Gasteiger partial charge in [0.25, 0.3) is 6.01 Å². The Hall–Kier alpha value is -1.34. The number of hydrogen-bond donors (Lipinski definition) is 1. The molecule has 0 radical (unpaired) electrons. The monoisotopic (exact) mass is 285 g/mol. The van der Waals surface area contributed by atoms with Crippen molar-refractivity contribution in [3.05, 3.63) is 35.9 Å². The molecule has 2 aliphatic heterocycles. The van der Waals surface area contributed by atoms with Crippen LogP contribution in [-0.4, -0.2) is 33.1 Å². The van der Waals surface area contributed by atoms with Crippen LogP contribution in [0, 0.1) is 0 Å². The number of benzene rings is 1. The lowest BCUT2D eigenvalue weighted by Gasteiger charge is -2.20. The fourth-order valence-corrected chi connectivity index (χ4v) is 3.03. The minimum Gasteiger partial charge on any atom is -0.607 e. The fraction of sp³-hybridized carbons (Fsp3) is 0.417. The SMILES string of the molecule is [O-][S@+](CF)C1=NN2[C@H](N1)[C@@H](F)C[C@H]2c1ccccc1. The Balaban J connectivity index is 1.87. The molecule has 1 aromatic rings. The van der Waals surface area contributed by atoms with Crippen LogP contribution in [0.2, 0.25) is 0 Å². The van der Waals surface area contributed by atoms with Gasteiger partial charge < -0.3 is 9.87 Å². The molecule has 0 spiro atoms. The van der Waals surface area contributed by atoms with Gasteiger partial charge in [0.15, 0.2) is 6.17 Å². The van der Waals surface area contributed by atoms with Gasteiger partial charge >= 0.3 is 5.17 Å². The first-order valence-corrected chi connectivity index (χ1v) is 7.29. The molecule has 1 aromatic carbocycles. The number of nitrogens with one attached hydrogen (secondary N) is 1. The molecular formula is C12H13F2N3OS. The normalized spacial score (nSPS) is 30.8. The van der Waals surface area contributed by atoms with Crippen molar-refractivity contribution in [2.45, 2.75) is 24.8 Å². The minimum atomic E-state index is -1.83. The zero-order valence-electron chi connectivity index (χ0n) is 10.00. The summed E-state index contributed by atoms with van der Waals surface area (Å²) in [4.78, 5) is 0. The molecule has 1 fully saturated rings. The molecule has 0 bridgehead atoms. The van der Waals surface area contributed by atoms with Gasteiger partial charge in [0.05, 0.1) is 17.2 Å². The fourth-order valence-electron chi connectivity index (χ4n) is 2.49. The Bertz CT molecular complexity index is 487. The number of fused-ring (bicyclic) bond motifs is 1. The van der Waals surface area contributed by atoms with E-state index >= 15 is 0 Å². The summed E-state index contributed by atoms with van der Waals surface area (Å²) in [5.74, 6) is 0. The smallest absolute Gasteiger partial charge is 0.337 e. The third-order valence-electron chi connectivity index (χ3n) is 3.37. The highest BCUT2D eigenvalue weighted by Crippen LogP contribution is 2.39. The first-order valence-electron chi connectivity index (χ1n) is 5.97. The van der Waals surface area contributed by atoms with E-state index in [1.165, 1.54) is 0 Å². The predicted octanol–water partition coefficient (Wildman–Crippen LogP) is 1.65. The molecule has 1 saturated heterocycles. The van der Waals surface area contributed by atoms with Gasteiger partial charge in [-0.1, -0.05) is 30.3 Å². The Morgan fingerprint density at radius 3 is 2.84 bits per heavy atom. The summed E-state index contributed by atoms with van der Waals surface area (Å²) in [5, 5.41) is 8.38. The molecular weight excluding hydrogens is 272 g/mol. The maximum atomic E-state index is 14.0.